The molecule has 1 aliphatic heterocycles. The predicted molar refractivity (Wildman–Crippen MR) is 149 cm³/mol. The van der Waals surface area contributed by atoms with Crippen molar-refractivity contribution in [2.24, 2.45) is 11.8 Å². The fraction of sp³-hybridized carbons (Fsp3) is 0.600. The Labute approximate surface area is 230 Å². The summed E-state index contributed by atoms with van der Waals surface area (Å²) in [6.45, 7) is 8.45. The number of carbonyl (C=O) groups excluding carboxylic acids is 3. The van der Waals surface area contributed by atoms with Crippen LogP contribution in [0.1, 0.15) is 106 Å². The molecule has 2 heterocycles. The summed E-state index contributed by atoms with van der Waals surface area (Å²) in [7, 11) is 0. The first-order valence-electron chi connectivity index (χ1n) is 14.2. The number of hydrogen-bond acceptors (Lipinski definition) is 6. The summed E-state index contributed by atoms with van der Waals surface area (Å²) >= 11 is 1.43. The van der Waals surface area contributed by atoms with Crippen LogP contribution in [0.2, 0.25) is 0 Å². The van der Waals surface area contributed by atoms with E-state index < -0.39 is 6.04 Å². The summed E-state index contributed by atoms with van der Waals surface area (Å²) in [6.07, 6.45) is 7.75. The minimum Gasteiger partial charge on any atom is -0.491 e. The van der Waals surface area contributed by atoms with Crippen LogP contribution < -0.4 is 10.1 Å². The third-order valence-electron chi connectivity index (χ3n) is 7.79. The second-order valence-electron chi connectivity index (χ2n) is 11.0. The molecule has 0 unspecified atom stereocenters. The van der Waals surface area contributed by atoms with E-state index in [9.17, 15) is 14.4 Å². The average Bonchev–Trinajstić information content (AvgIpc) is 3.60. The van der Waals surface area contributed by atoms with Gasteiger partial charge in [-0.15, -0.1) is 11.3 Å². The molecule has 2 amide bonds. The van der Waals surface area contributed by atoms with Crippen LogP contribution in [0.5, 0.6) is 5.75 Å². The van der Waals surface area contributed by atoms with Gasteiger partial charge in [0, 0.05) is 23.4 Å². The van der Waals surface area contributed by atoms with Crippen LogP contribution in [0.15, 0.2) is 29.6 Å². The van der Waals surface area contributed by atoms with Crippen molar-refractivity contribution in [1.82, 2.24) is 15.2 Å². The lowest BCUT2D eigenvalue weighted by molar-refractivity contribution is -0.140. The molecular weight excluding hydrogens is 498 g/mol. The Morgan fingerprint density at radius 3 is 2.58 bits per heavy atom. The third kappa shape index (κ3) is 6.63. The Hall–Kier alpha value is -2.74. The SMILES string of the molecule is CC[C@@H](C)C(=O)N[C@H](C(=O)N1CCC[C@H]1c1nc(C(=O)c2cccc(OC(C)C)c2)cs1)C1CCCCC1. The Bertz CT molecular complexity index is 1120. The van der Waals surface area contributed by atoms with Gasteiger partial charge in [-0.3, -0.25) is 14.4 Å². The fourth-order valence-electron chi connectivity index (χ4n) is 5.47. The van der Waals surface area contributed by atoms with Crippen LogP contribution in [-0.2, 0) is 9.59 Å². The molecule has 7 nitrogen and oxygen atoms in total. The quantitative estimate of drug-likeness (QED) is 0.378. The molecule has 38 heavy (non-hydrogen) atoms. The molecule has 3 atom stereocenters. The van der Waals surface area contributed by atoms with Crippen molar-refractivity contribution < 1.29 is 19.1 Å². The molecule has 1 saturated heterocycles. The molecule has 1 aromatic heterocycles. The number of thiazole rings is 1. The van der Waals surface area contributed by atoms with Crippen molar-refractivity contribution in [2.45, 2.75) is 97.2 Å². The molecule has 2 fully saturated rings. The summed E-state index contributed by atoms with van der Waals surface area (Å²) in [5.41, 5.74) is 0.921. The number of nitrogens with one attached hydrogen (secondary N) is 1. The monoisotopic (exact) mass is 539 g/mol. The van der Waals surface area contributed by atoms with Crippen molar-refractivity contribution in [1.29, 1.82) is 0 Å². The molecule has 1 aromatic carbocycles. The van der Waals surface area contributed by atoms with Gasteiger partial charge in [-0.2, -0.15) is 0 Å². The van der Waals surface area contributed by atoms with Crippen LogP contribution >= 0.6 is 11.3 Å². The minimum atomic E-state index is -0.498. The molecule has 1 aliphatic carbocycles. The number of carbonyl (C=O) groups is 3. The number of ketones is 1. The lowest BCUT2D eigenvalue weighted by Crippen LogP contribution is -2.53. The molecular formula is C30H41N3O4S. The maximum atomic E-state index is 14.0. The normalized spacial score (nSPS) is 19.8. The highest BCUT2D eigenvalue weighted by Gasteiger charge is 2.40. The molecule has 1 N–H and O–H groups in total. The topological polar surface area (TPSA) is 88.6 Å². The second kappa shape index (κ2) is 12.9. The molecule has 8 heteroatoms. The van der Waals surface area contributed by atoms with Gasteiger partial charge in [-0.1, -0.05) is 45.2 Å². The maximum Gasteiger partial charge on any atom is 0.246 e. The van der Waals surface area contributed by atoms with Crippen LogP contribution in [0, 0.1) is 11.8 Å². The van der Waals surface area contributed by atoms with Gasteiger partial charge in [0.05, 0.1) is 12.1 Å². The van der Waals surface area contributed by atoms with E-state index in [0.717, 1.165) is 50.0 Å². The average molecular weight is 540 g/mol. The molecule has 0 radical (unpaired) electrons. The van der Waals surface area contributed by atoms with Gasteiger partial charge >= 0.3 is 0 Å². The van der Waals surface area contributed by atoms with Crippen molar-refractivity contribution in [2.75, 3.05) is 6.54 Å². The Morgan fingerprint density at radius 1 is 1.11 bits per heavy atom. The molecule has 0 bridgehead atoms. The maximum absolute atomic E-state index is 14.0. The number of amides is 2. The number of benzene rings is 1. The van der Waals surface area contributed by atoms with E-state index >= 15 is 0 Å². The van der Waals surface area contributed by atoms with E-state index in [1.165, 1.54) is 17.8 Å². The summed E-state index contributed by atoms with van der Waals surface area (Å²) in [4.78, 5) is 46.7. The van der Waals surface area contributed by atoms with Crippen molar-refractivity contribution in [3.63, 3.8) is 0 Å². The first-order chi connectivity index (χ1) is 18.3. The first-order valence-corrected chi connectivity index (χ1v) is 15.0. The Morgan fingerprint density at radius 2 is 1.87 bits per heavy atom. The Kier molecular flexibility index (Phi) is 9.58. The second-order valence-corrected chi connectivity index (χ2v) is 11.9. The molecule has 206 valence electrons. The zero-order chi connectivity index (χ0) is 27.2. The van der Waals surface area contributed by atoms with E-state index in [-0.39, 0.29) is 41.6 Å². The molecule has 2 aliphatic rings. The molecule has 2 aromatic rings. The molecule has 4 rings (SSSR count). The zero-order valence-corrected chi connectivity index (χ0v) is 23.9. The predicted octanol–water partition coefficient (Wildman–Crippen LogP) is 5.94. The van der Waals surface area contributed by atoms with E-state index in [4.69, 9.17) is 9.72 Å². The van der Waals surface area contributed by atoms with Crippen LogP contribution in [0.25, 0.3) is 0 Å². The number of likely N-dealkylation sites (tertiary alicyclic amines) is 1. The van der Waals surface area contributed by atoms with Gasteiger partial charge < -0.3 is 15.0 Å². The highest BCUT2D eigenvalue weighted by atomic mass is 32.1. The first kappa shape index (κ1) is 28.3. The number of ether oxygens (including phenoxy) is 1. The summed E-state index contributed by atoms with van der Waals surface area (Å²) in [5, 5.41) is 5.71. The van der Waals surface area contributed by atoms with Crippen molar-refractivity contribution in [3.05, 3.63) is 45.9 Å². The van der Waals surface area contributed by atoms with Crippen LogP contribution in [-0.4, -0.2) is 46.2 Å². The Balaban J connectivity index is 1.52. The van der Waals surface area contributed by atoms with E-state index in [0.29, 0.717) is 23.6 Å². The highest BCUT2D eigenvalue weighted by molar-refractivity contribution is 7.10. The van der Waals surface area contributed by atoms with Gasteiger partial charge in [0.1, 0.15) is 22.5 Å². The van der Waals surface area contributed by atoms with E-state index in [1.807, 2.05) is 44.7 Å². The smallest absolute Gasteiger partial charge is 0.246 e. The standard InChI is InChI=1S/C30H41N3O4S/c1-5-20(4)28(35)32-26(21-11-7-6-8-12-21)30(36)33-16-10-15-25(33)29-31-24(18-38-29)27(34)22-13-9-14-23(17-22)37-19(2)3/h9,13-14,17-21,25-26H,5-8,10-12,15-16H2,1-4H3,(H,32,35)/t20-,25+,26+/m1/s1. The number of aromatic nitrogens is 1. The number of hydrogen-bond donors (Lipinski definition) is 1. The highest BCUT2D eigenvalue weighted by Crippen LogP contribution is 2.36. The zero-order valence-electron chi connectivity index (χ0n) is 23.1. The van der Waals surface area contributed by atoms with Gasteiger partial charge in [0.15, 0.2) is 0 Å². The fourth-order valence-corrected chi connectivity index (χ4v) is 6.42. The van der Waals surface area contributed by atoms with Gasteiger partial charge in [0.25, 0.3) is 0 Å². The minimum absolute atomic E-state index is 0.00216. The van der Waals surface area contributed by atoms with E-state index in [1.54, 1.807) is 17.5 Å². The third-order valence-corrected chi connectivity index (χ3v) is 8.73. The molecule has 0 spiro atoms. The summed E-state index contributed by atoms with van der Waals surface area (Å²) in [6, 6.07) is 6.51. The number of nitrogens with zero attached hydrogens (tertiary/aromatic N) is 2. The van der Waals surface area contributed by atoms with Crippen molar-refractivity contribution in [3.8, 4) is 5.75 Å². The van der Waals surface area contributed by atoms with Crippen molar-refractivity contribution >= 4 is 28.9 Å². The van der Waals surface area contributed by atoms with Crippen LogP contribution in [0.4, 0.5) is 0 Å². The number of rotatable bonds is 10. The molecule has 1 saturated carbocycles. The van der Waals surface area contributed by atoms with Gasteiger partial charge in [-0.05, 0) is 64.0 Å². The van der Waals surface area contributed by atoms with Crippen LogP contribution in [0.3, 0.4) is 0 Å². The van der Waals surface area contributed by atoms with E-state index in [2.05, 4.69) is 5.32 Å². The summed E-state index contributed by atoms with van der Waals surface area (Å²) in [5.74, 6) is 0.496. The lowest BCUT2D eigenvalue weighted by Gasteiger charge is -2.35. The van der Waals surface area contributed by atoms with Gasteiger partial charge in [0.2, 0.25) is 17.6 Å². The lowest BCUT2D eigenvalue weighted by atomic mass is 9.83. The summed E-state index contributed by atoms with van der Waals surface area (Å²) < 4.78 is 5.75. The largest absolute Gasteiger partial charge is 0.491 e. The van der Waals surface area contributed by atoms with Gasteiger partial charge in [-0.25, -0.2) is 4.98 Å².